The van der Waals surface area contributed by atoms with Gasteiger partial charge in [0.2, 0.25) is 0 Å². The zero-order valence-electron chi connectivity index (χ0n) is 30.0. The van der Waals surface area contributed by atoms with Crippen molar-refractivity contribution in [2.24, 2.45) is 0 Å². The molecule has 0 aromatic heterocycles. The van der Waals surface area contributed by atoms with Crippen molar-refractivity contribution in [2.45, 2.75) is 40.0 Å². The van der Waals surface area contributed by atoms with E-state index in [0.717, 1.165) is 89.0 Å². The van der Waals surface area contributed by atoms with E-state index in [2.05, 4.69) is 57.4 Å². The topological polar surface area (TPSA) is 128 Å². The molecule has 0 atom stereocenters. The number of likely N-dealkylation sites (N-methyl/N-ethyl adjacent to an activating group) is 2. The average molecular weight is 697 g/mol. The van der Waals surface area contributed by atoms with Gasteiger partial charge in [0, 0.05) is 89.0 Å². The molecule has 276 valence electrons. The second-order valence-corrected chi connectivity index (χ2v) is 12.4. The standard InChI is InChI=1S/C12H17N3O2.C12H19N3.C7H15N.C6H4FNO2.H2/c1-2-13-6-8-14(9-7-13)11-4-3-5-12(10-11)15(16)17;1-2-14-6-8-15(9-7-14)12-5-3-4-11(13)10-12;1-2-8-6-4-3-5-7-8;7-5-2-1-3-6(4-5)8(9)10;/h3-5,10H,2,6-9H2,1H3;3-5,10H,2,6-9,13H2,1H3;2-7H2,1H3;1-4H;1H. The Bertz CT molecular complexity index is 1450. The van der Waals surface area contributed by atoms with Gasteiger partial charge in [0.05, 0.1) is 15.9 Å². The molecule has 0 saturated carbocycles. The second kappa shape index (κ2) is 21.7. The summed E-state index contributed by atoms with van der Waals surface area (Å²) in [5.41, 5.74) is 8.79. The lowest BCUT2D eigenvalue weighted by molar-refractivity contribution is -0.385. The van der Waals surface area contributed by atoms with E-state index in [0.29, 0.717) is 0 Å². The molecule has 3 aliphatic heterocycles. The lowest BCUT2D eigenvalue weighted by Gasteiger charge is -2.35. The molecule has 6 rings (SSSR count). The molecule has 3 heterocycles. The Morgan fingerprint density at radius 2 is 1.02 bits per heavy atom. The van der Waals surface area contributed by atoms with E-state index >= 15 is 0 Å². The van der Waals surface area contributed by atoms with E-state index in [1.54, 1.807) is 12.1 Å². The van der Waals surface area contributed by atoms with E-state index in [4.69, 9.17) is 5.73 Å². The normalized spacial score (nSPS) is 16.9. The van der Waals surface area contributed by atoms with Crippen molar-refractivity contribution in [3.05, 3.63) is 98.8 Å². The first-order chi connectivity index (χ1) is 24.1. The number of nitro benzene ring substituents is 2. The van der Waals surface area contributed by atoms with Crippen LogP contribution < -0.4 is 15.5 Å². The summed E-state index contributed by atoms with van der Waals surface area (Å²) < 4.78 is 12.2. The highest BCUT2D eigenvalue weighted by Crippen LogP contribution is 2.22. The molecule has 0 spiro atoms. The van der Waals surface area contributed by atoms with Crippen LogP contribution in [0.15, 0.2) is 72.8 Å². The van der Waals surface area contributed by atoms with Crippen molar-refractivity contribution < 1.29 is 15.7 Å². The molecule has 3 aliphatic rings. The van der Waals surface area contributed by atoms with Gasteiger partial charge in [-0.1, -0.05) is 45.4 Å². The quantitative estimate of drug-likeness (QED) is 0.164. The van der Waals surface area contributed by atoms with Gasteiger partial charge < -0.3 is 30.2 Å². The Morgan fingerprint density at radius 1 is 0.600 bits per heavy atom. The SMILES string of the molecule is CCN1CCCCC1.CCN1CCN(c2cccc(N)c2)CC1.CCN1CCN(c2cccc([N+](=O)[O-])c2)CC1.O=[N+]([O-])c1cccc(F)c1.[HH]. The van der Waals surface area contributed by atoms with E-state index in [1.165, 1.54) is 62.8 Å². The van der Waals surface area contributed by atoms with Gasteiger partial charge in [-0.3, -0.25) is 20.2 Å². The van der Waals surface area contributed by atoms with Crippen LogP contribution in [-0.2, 0) is 0 Å². The van der Waals surface area contributed by atoms with Crippen LogP contribution in [0.2, 0.25) is 0 Å². The molecule has 0 amide bonds. The molecule has 3 aromatic rings. The number of rotatable bonds is 7. The molecule has 0 bridgehead atoms. The van der Waals surface area contributed by atoms with Crippen molar-refractivity contribution >= 4 is 28.4 Å². The third-order valence-corrected chi connectivity index (χ3v) is 9.19. The van der Waals surface area contributed by atoms with Crippen LogP contribution in [-0.4, -0.2) is 110 Å². The van der Waals surface area contributed by atoms with Gasteiger partial charge in [-0.2, -0.15) is 0 Å². The van der Waals surface area contributed by atoms with Gasteiger partial charge in [-0.05, 0) is 75.9 Å². The molecule has 3 saturated heterocycles. The molecular weight excluding hydrogens is 639 g/mol. The first-order valence-electron chi connectivity index (χ1n) is 17.8. The third kappa shape index (κ3) is 13.9. The molecule has 0 unspecified atom stereocenters. The number of piperazine rings is 2. The highest BCUT2D eigenvalue weighted by Gasteiger charge is 2.18. The highest BCUT2D eigenvalue weighted by molar-refractivity contribution is 5.56. The number of nitrogens with zero attached hydrogens (tertiary/aromatic N) is 7. The van der Waals surface area contributed by atoms with Crippen LogP contribution in [0.3, 0.4) is 0 Å². The van der Waals surface area contributed by atoms with Crippen LogP contribution in [0.5, 0.6) is 0 Å². The second-order valence-electron chi connectivity index (χ2n) is 12.4. The van der Waals surface area contributed by atoms with Gasteiger partial charge in [0.15, 0.2) is 0 Å². The van der Waals surface area contributed by atoms with Crippen LogP contribution in [0, 0.1) is 26.0 Å². The largest absolute Gasteiger partial charge is 0.399 e. The maximum Gasteiger partial charge on any atom is 0.272 e. The lowest BCUT2D eigenvalue weighted by atomic mass is 10.1. The minimum absolute atomic E-state index is 0. The fourth-order valence-electron chi connectivity index (χ4n) is 6.03. The number of non-ortho nitro benzene ring substituents is 2. The first kappa shape index (κ1) is 40.1. The predicted molar refractivity (Wildman–Crippen MR) is 204 cm³/mol. The number of anilines is 3. The Balaban J connectivity index is 0.000000243. The molecule has 12 nitrogen and oxygen atoms in total. The van der Waals surface area contributed by atoms with Crippen molar-refractivity contribution in [2.75, 3.05) is 101 Å². The van der Waals surface area contributed by atoms with Crippen molar-refractivity contribution in [3.63, 3.8) is 0 Å². The van der Waals surface area contributed by atoms with E-state index < -0.39 is 10.7 Å². The predicted octanol–water partition coefficient (Wildman–Crippen LogP) is 6.62. The van der Waals surface area contributed by atoms with Crippen molar-refractivity contribution in [3.8, 4) is 0 Å². The van der Waals surface area contributed by atoms with Crippen LogP contribution in [0.1, 0.15) is 41.5 Å². The van der Waals surface area contributed by atoms with Gasteiger partial charge in [-0.25, -0.2) is 4.39 Å². The molecule has 13 heteroatoms. The number of likely N-dealkylation sites (tertiary alicyclic amines) is 1. The molecular formula is C37H57FN8O4. The Labute approximate surface area is 298 Å². The van der Waals surface area contributed by atoms with Crippen molar-refractivity contribution in [1.29, 1.82) is 0 Å². The summed E-state index contributed by atoms with van der Waals surface area (Å²) >= 11 is 0. The fourth-order valence-corrected chi connectivity index (χ4v) is 6.03. The molecule has 2 N–H and O–H groups in total. The maximum absolute atomic E-state index is 12.2. The Morgan fingerprint density at radius 3 is 1.42 bits per heavy atom. The fraction of sp³-hybridized carbons (Fsp3) is 0.514. The summed E-state index contributed by atoms with van der Waals surface area (Å²) in [5.74, 6) is -0.589. The van der Waals surface area contributed by atoms with Gasteiger partial charge in [0.1, 0.15) is 5.82 Å². The number of nitrogen functional groups attached to an aromatic ring is 1. The number of halogens is 1. The number of nitro groups is 2. The minimum atomic E-state index is -0.636. The average Bonchev–Trinajstić information content (AvgIpc) is 3.16. The van der Waals surface area contributed by atoms with E-state index in [-0.39, 0.29) is 17.7 Å². The van der Waals surface area contributed by atoms with Gasteiger partial charge in [-0.15, -0.1) is 0 Å². The summed E-state index contributed by atoms with van der Waals surface area (Å²) in [4.78, 5) is 31.7. The Kier molecular flexibility index (Phi) is 17.4. The lowest BCUT2D eigenvalue weighted by Crippen LogP contribution is -2.46. The zero-order chi connectivity index (χ0) is 36.3. The maximum atomic E-state index is 12.2. The first-order valence-corrected chi connectivity index (χ1v) is 17.8. The molecule has 3 fully saturated rings. The van der Waals surface area contributed by atoms with Gasteiger partial charge in [0.25, 0.3) is 11.4 Å². The summed E-state index contributed by atoms with van der Waals surface area (Å²) in [6, 6.07) is 19.6. The van der Waals surface area contributed by atoms with Crippen molar-refractivity contribution in [1.82, 2.24) is 14.7 Å². The van der Waals surface area contributed by atoms with Crippen LogP contribution >= 0.6 is 0 Å². The van der Waals surface area contributed by atoms with Gasteiger partial charge >= 0.3 is 0 Å². The summed E-state index contributed by atoms with van der Waals surface area (Å²) in [6.07, 6.45) is 4.30. The van der Waals surface area contributed by atoms with Crippen LogP contribution in [0.4, 0.5) is 32.8 Å². The van der Waals surface area contributed by atoms with E-state index in [9.17, 15) is 24.6 Å². The molecule has 0 aliphatic carbocycles. The number of nitrogens with two attached hydrogens (primary N) is 1. The number of hydrogen-bond donors (Lipinski definition) is 1. The number of benzene rings is 3. The number of hydrogen-bond acceptors (Lipinski definition) is 10. The smallest absolute Gasteiger partial charge is 0.272 e. The minimum Gasteiger partial charge on any atom is -0.399 e. The summed E-state index contributed by atoms with van der Waals surface area (Å²) in [6.45, 7) is 21.2. The zero-order valence-corrected chi connectivity index (χ0v) is 30.0. The Hall–Kier alpha value is -4.33. The summed E-state index contributed by atoms with van der Waals surface area (Å²) in [7, 11) is 0. The third-order valence-electron chi connectivity index (χ3n) is 9.19. The molecule has 3 aromatic carbocycles. The summed E-state index contributed by atoms with van der Waals surface area (Å²) in [5, 5.41) is 20.7. The molecule has 0 radical (unpaired) electrons. The molecule has 50 heavy (non-hydrogen) atoms. The monoisotopic (exact) mass is 696 g/mol. The number of piperidine rings is 1. The van der Waals surface area contributed by atoms with Crippen LogP contribution in [0.25, 0.3) is 0 Å². The highest BCUT2D eigenvalue weighted by atomic mass is 19.1. The van der Waals surface area contributed by atoms with E-state index in [1.807, 2.05) is 18.2 Å².